The number of hydrogen-bond donors (Lipinski definition) is 1. The molecule has 0 unspecified atom stereocenters. The molecule has 0 atom stereocenters. The molecule has 0 spiro atoms. The molecule has 14 heavy (non-hydrogen) atoms. The topological polar surface area (TPSA) is 12.0 Å². The van der Waals surface area contributed by atoms with Crippen LogP contribution in [0.4, 0.5) is 10.1 Å². The van der Waals surface area contributed by atoms with Gasteiger partial charge in [0.15, 0.2) is 0 Å². The standard InChI is InChI=1S/C11H13BrFN/c12-10-4-3-9(7-11(10)13)14-6-5-8-1-2-8/h3-4,7-8,14H,1-2,5-6H2. The second kappa shape index (κ2) is 4.30. The summed E-state index contributed by atoms with van der Waals surface area (Å²) >= 11 is 3.13. The highest BCUT2D eigenvalue weighted by molar-refractivity contribution is 9.10. The number of rotatable bonds is 4. The van der Waals surface area contributed by atoms with Crippen LogP contribution in [0.1, 0.15) is 19.3 Å². The first-order valence-electron chi connectivity index (χ1n) is 4.94. The third kappa shape index (κ3) is 2.71. The van der Waals surface area contributed by atoms with E-state index in [1.807, 2.05) is 6.07 Å². The quantitative estimate of drug-likeness (QED) is 0.866. The molecule has 1 aliphatic rings. The zero-order valence-corrected chi connectivity index (χ0v) is 9.48. The highest BCUT2D eigenvalue weighted by Gasteiger charge is 2.20. The number of halogens is 2. The summed E-state index contributed by atoms with van der Waals surface area (Å²) in [4.78, 5) is 0. The van der Waals surface area contributed by atoms with Gasteiger partial charge >= 0.3 is 0 Å². The summed E-state index contributed by atoms with van der Waals surface area (Å²) in [7, 11) is 0. The molecule has 1 fully saturated rings. The second-order valence-corrected chi connectivity index (χ2v) is 4.64. The largest absolute Gasteiger partial charge is 0.385 e. The molecule has 1 N–H and O–H groups in total. The predicted molar refractivity (Wildman–Crippen MR) is 59.9 cm³/mol. The van der Waals surface area contributed by atoms with E-state index in [2.05, 4.69) is 21.2 Å². The highest BCUT2D eigenvalue weighted by Crippen LogP contribution is 2.32. The molecule has 0 aliphatic heterocycles. The van der Waals surface area contributed by atoms with Gasteiger partial charge < -0.3 is 5.32 Å². The first-order valence-corrected chi connectivity index (χ1v) is 5.74. The Kier molecular flexibility index (Phi) is 3.06. The molecule has 1 nitrogen and oxygen atoms in total. The molecule has 1 aromatic rings. The maximum absolute atomic E-state index is 13.1. The van der Waals surface area contributed by atoms with Crippen LogP contribution in [0.25, 0.3) is 0 Å². The van der Waals surface area contributed by atoms with Gasteiger partial charge in [-0.05, 0) is 46.5 Å². The lowest BCUT2D eigenvalue weighted by molar-refractivity contribution is 0.621. The number of hydrogen-bond acceptors (Lipinski definition) is 1. The molecular weight excluding hydrogens is 245 g/mol. The Morgan fingerprint density at radius 1 is 1.43 bits per heavy atom. The van der Waals surface area contributed by atoms with E-state index in [9.17, 15) is 4.39 Å². The van der Waals surface area contributed by atoms with Crippen molar-refractivity contribution in [1.82, 2.24) is 0 Å². The van der Waals surface area contributed by atoms with Crippen molar-refractivity contribution in [3.63, 3.8) is 0 Å². The van der Waals surface area contributed by atoms with E-state index in [1.54, 1.807) is 6.07 Å². The Morgan fingerprint density at radius 3 is 2.86 bits per heavy atom. The molecule has 0 radical (unpaired) electrons. The zero-order valence-electron chi connectivity index (χ0n) is 7.89. The van der Waals surface area contributed by atoms with Crippen LogP contribution in [0.2, 0.25) is 0 Å². The van der Waals surface area contributed by atoms with E-state index in [4.69, 9.17) is 0 Å². The summed E-state index contributed by atoms with van der Waals surface area (Å²) in [6, 6.07) is 5.14. The minimum absolute atomic E-state index is 0.207. The molecule has 76 valence electrons. The Bertz CT molecular complexity index is 323. The predicted octanol–water partition coefficient (Wildman–Crippen LogP) is 3.80. The lowest BCUT2D eigenvalue weighted by Crippen LogP contribution is -2.02. The average Bonchev–Trinajstić information content (AvgIpc) is 2.95. The number of anilines is 1. The number of nitrogens with one attached hydrogen (secondary N) is 1. The Balaban J connectivity index is 1.85. The molecule has 3 heteroatoms. The van der Waals surface area contributed by atoms with Gasteiger partial charge in [-0.1, -0.05) is 12.8 Å². The molecule has 0 saturated heterocycles. The highest BCUT2D eigenvalue weighted by atomic mass is 79.9. The van der Waals surface area contributed by atoms with Crippen molar-refractivity contribution in [2.45, 2.75) is 19.3 Å². The van der Waals surface area contributed by atoms with E-state index < -0.39 is 0 Å². The van der Waals surface area contributed by atoms with Crippen molar-refractivity contribution in [2.24, 2.45) is 5.92 Å². The van der Waals surface area contributed by atoms with E-state index >= 15 is 0 Å². The van der Waals surface area contributed by atoms with Crippen LogP contribution < -0.4 is 5.32 Å². The Labute approximate surface area is 91.8 Å². The van der Waals surface area contributed by atoms with Gasteiger partial charge in [-0.3, -0.25) is 0 Å². The van der Waals surface area contributed by atoms with Crippen LogP contribution >= 0.6 is 15.9 Å². The van der Waals surface area contributed by atoms with Crippen molar-refractivity contribution in [2.75, 3.05) is 11.9 Å². The lowest BCUT2D eigenvalue weighted by atomic mass is 10.2. The van der Waals surface area contributed by atoms with Gasteiger partial charge in [0.05, 0.1) is 4.47 Å². The van der Waals surface area contributed by atoms with Crippen molar-refractivity contribution in [3.8, 4) is 0 Å². The molecule has 0 aromatic heterocycles. The third-order valence-electron chi connectivity index (χ3n) is 2.50. The molecular formula is C11H13BrFN. The lowest BCUT2D eigenvalue weighted by Gasteiger charge is -2.06. The van der Waals surface area contributed by atoms with Gasteiger partial charge in [0.25, 0.3) is 0 Å². The van der Waals surface area contributed by atoms with Gasteiger partial charge in [-0.2, -0.15) is 0 Å². The van der Waals surface area contributed by atoms with E-state index in [-0.39, 0.29) is 5.82 Å². The first kappa shape index (κ1) is 9.97. The minimum atomic E-state index is -0.207. The monoisotopic (exact) mass is 257 g/mol. The fourth-order valence-corrected chi connectivity index (χ4v) is 1.68. The van der Waals surface area contributed by atoms with E-state index in [1.165, 1.54) is 25.3 Å². The van der Waals surface area contributed by atoms with Gasteiger partial charge in [0.1, 0.15) is 5.82 Å². The summed E-state index contributed by atoms with van der Waals surface area (Å²) in [5.74, 6) is 0.712. The summed E-state index contributed by atoms with van der Waals surface area (Å²) < 4.78 is 13.6. The van der Waals surface area contributed by atoms with Crippen molar-refractivity contribution < 1.29 is 4.39 Å². The van der Waals surface area contributed by atoms with Gasteiger partial charge in [0.2, 0.25) is 0 Å². The summed E-state index contributed by atoms with van der Waals surface area (Å²) in [5, 5.41) is 3.22. The van der Waals surface area contributed by atoms with Crippen molar-refractivity contribution in [1.29, 1.82) is 0 Å². The molecule has 0 heterocycles. The molecule has 1 aliphatic carbocycles. The maximum Gasteiger partial charge on any atom is 0.139 e. The SMILES string of the molecule is Fc1cc(NCCC2CC2)ccc1Br. The zero-order chi connectivity index (χ0) is 9.97. The van der Waals surface area contributed by atoms with Crippen LogP contribution in [0.15, 0.2) is 22.7 Å². The van der Waals surface area contributed by atoms with Gasteiger partial charge in [-0.15, -0.1) is 0 Å². The fraction of sp³-hybridized carbons (Fsp3) is 0.455. The molecule has 1 aromatic carbocycles. The molecule has 1 saturated carbocycles. The fourth-order valence-electron chi connectivity index (χ4n) is 1.43. The minimum Gasteiger partial charge on any atom is -0.385 e. The Hall–Kier alpha value is -0.570. The summed E-state index contributed by atoms with van der Waals surface area (Å²) in [6.45, 7) is 0.950. The van der Waals surface area contributed by atoms with Crippen LogP contribution in [-0.2, 0) is 0 Å². The summed E-state index contributed by atoms with van der Waals surface area (Å²) in [6.07, 6.45) is 3.95. The normalized spacial score (nSPS) is 15.6. The van der Waals surface area contributed by atoms with E-state index in [0.29, 0.717) is 4.47 Å². The average molecular weight is 258 g/mol. The van der Waals surface area contributed by atoms with Crippen molar-refractivity contribution in [3.05, 3.63) is 28.5 Å². The van der Waals surface area contributed by atoms with E-state index in [0.717, 1.165) is 18.2 Å². The smallest absolute Gasteiger partial charge is 0.139 e. The van der Waals surface area contributed by atoms with Crippen molar-refractivity contribution >= 4 is 21.6 Å². The Morgan fingerprint density at radius 2 is 2.21 bits per heavy atom. The van der Waals surface area contributed by atoms with Crippen LogP contribution in [-0.4, -0.2) is 6.54 Å². The second-order valence-electron chi connectivity index (χ2n) is 3.79. The van der Waals surface area contributed by atoms with Crippen LogP contribution in [0.5, 0.6) is 0 Å². The van der Waals surface area contributed by atoms with Gasteiger partial charge in [0, 0.05) is 12.2 Å². The molecule has 0 amide bonds. The van der Waals surface area contributed by atoms with Crippen LogP contribution in [0, 0.1) is 11.7 Å². The van der Waals surface area contributed by atoms with Gasteiger partial charge in [-0.25, -0.2) is 4.39 Å². The molecule has 0 bridgehead atoms. The summed E-state index contributed by atoms with van der Waals surface area (Å²) in [5.41, 5.74) is 0.867. The first-order chi connectivity index (χ1) is 6.75. The number of benzene rings is 1. The third-order valence-corrected chi connectivity index (χ3v) is 3.14. The maximum atomic E-state index is 13.1. The van der Waals surface area contributed by atoms with Crippen LogP contribution in [0.3, 0.4) is 0 Å². The molecule has 2 rings (SSSR count).